The minimum absolute atomic E-state index is 0.00161. The lowest BCUT2D eigenvalue weighted by Gasteiger charge is -2.33. The molecule has 2 heterocycles. The fraction of sp³-hybridized carbons (Fsp3) is 0.333. The van der Waals surface area contributed by atoms with E-state index in [9.17, 15) is 48.8 Å². The molecule has 1 unspecified atom stereocenters. The Bertz CT molecular complexity index is 3210. The zero-order valence-corrected chi connectivity index (χ0v) is 40.3. The lowest BCUT2D eigenvalue weighted by Crippen LogP contribution is -2.34. The van der Waals surface area contributed by atoms with E-state index in [4.69, 9.17) is 4.74 Å². The summed E-state index contributed by atoms with van der Waals surface area (Å²) < 4.78 is 110. The van der Waals surface area contributed by atoms with E-state index in [-0.39, 0.29) is 59.4 Å². The van der Waals surface area contributed by atoms with Crippen LogP contribution in [-0.2, 0) is 46.3 Å². The van der Waals surface area contributed by atoms with Crippen LogP contribution in [0.4, 0.5) is 29.2 Å². The van der Waals surface area contributed by atoms with Crippen LogP contribution in [0.15, 0.2) is 97.5 Å². The molecule has 5 aromatic rings. The summed E-state index contributed by atoms with van der Waals surface area (Å²) in [5.41, 5.74) is -0.380. The molecule has 6 rings (SSSR count). The van der Waals surface area contributed by atoms with Crippen LogP contribution < -0.4 is 10.6 Å². The number of hydrogen-bond acceptors (Lipinski definition) is 16. The van der Waals surface area contributed by atoms with E-state index in [1.54, 1.807) is 31.2 Å². The fourth-order valence-corrected chi connectivity index (χ4v) is 8.78. The zero-order valence-electron chi connectivity index (χ0n) is 37.8. The third kappa shape index (κ3) is 11.9. The Balaban J connectivity index is 1.50. The van der Waals surface area contributed by atoms with Crippen LogP contribution in [0.3, 0.4) is 0 Å². The molecule has 22 heteroatoms. The molecule has 356 valence electrons. The number of ether oxygens (including phenoxy) is 1. The monoisotopic (exact) mass is 977 g/mol. The van der Waals surface area contributed by atoms with Crippen molar-refractivity contribution in [1.29, 1.82) is 0 Å². The Morgan fingerprint density at radius 2 is 1.51 bits per heavy atom. The number of carbonyl (C=O) groups is 1. The molecule has 1 aliphatic heterocycles. The Morgan fingerprint density at radius 3 is 2.10 bits per heavy atom. The molecule has 1 aromatic heterocycles. The maximum Gasteiger partial charge on any atom is 0.309 e. The fourth-order valence-electron chi connectivity index (χ4n) is 7.29. The van der Waals surface area contributed by atoms with Crippen LogP contribution in [0, 0.1) is 16.7 Å². The molecule has 0 saturated heterocycles. The number of anilines is 3. The van der Waals surface area contributed by atoms with E-state index in [1.807, 2.05) is 53.7 Å². The molecular formula is C45H51N7O12S3. The van der Waals surface area contributed by atoms with E-state index in [0.29, 0.717) is 23.1 Å². The van der Waals surface area contributed by atoms with Gasteiger partial charge in [-0.3, -0.25) is 18.5 Å². The minimum atomic E-state index is -5.06. The van der Waals surface area contributed by atoms with Crippen LogP contribution >= 0.6 is 0 Å². The number of carbonyl (C=O) groups excluding carboxylic acids is 1. The number of aliphatic imine (C=N–C) groups is 2. The van der Waals surface area contributed by atoms with Gasteiger partial charge in [-0.05, 0) is 89.4 Å². The summed E-state index contributed by atoms with van der Waals surface area (Å²) in [7, 11) is -14.5. The second kappa shape index (κ2) is 18.8. The minimum Gasteiger partial charge on any atom is -0.506 e. The van der Waals surface area contributed by atoms with Gasteiger partial charge in [0.2, 0.25) is 11.9 Å². The van der Waals surface area contributed by atoms with E-state index in [2.05, 4.69) is 35.6 Å². The molecule has 0 spiro atoms. The smallest absolute Gasteiger partial charge is 0.309 e. The van der Waals surface area contributed by atoms with Crippen molar-refractivity contribution in [3.05, 3.63) is 100.0 Å². The number of nitrogens with one attached hydrogen (secondary N) is 2. The van der Waals surface area contributed by atoms with Crippen LogP contribution in [0.25, 0.3) is 10.8 Å². The van der Waals surface area contributed by atoms with Crippen molar-refractivity contribution >= 4 is 87.7 Å². The molecule has 19 nitrogen and oxygen atoms in total. The molecular weight excluding hydrogens is 927 g/mol. The number of phenolic OH excluding ortho intramolecular Hbond substituents is 1. The molecule has 6 N–H and O–H groups in total. The first-order valence-electron chi connectivity index (χ1n) is 20.8. The maximum atomic E-state index is 13.3. The summed E-state index contributed by atoms with van der Waals surface area (Å²) in [6.45, 7) is 14.5. The number of esters is 1. The predicted octanol–water partition coefficient (Wildman–Crippen LogP) is 7.98. The number of allylic oxidation sites excluding steroid dienone is 2. The van der Waals surface area contributed by atoms with Gasteiger partial charge >= 0.3 is 5.97 Å². The molecule has 0 amide bonds. The van der Waals surface area contributed by atoms with Gasteiger partial charge in [0.25, 0.3) is 36.3 Å². The number of nitrogens with zero attached hydrogens (tertiary/aromatic N) is 5. The number of fused-ring (bicyclic) bond motifs is 3. The van der Waals surface area contributed by atoms with Crippen LogP contribution in [0.2, 0.25) is 0 Å². The van der Waals surface area contributed by atoms with Crippen molar-refractivity contribution in [2.24, 2.45) is 26.7 Å². The van der Waals surface area contributed by atoms with Crippen molar-refractivity contribution in [3.63, 3.8) is 0 Å². The summed E-state index contributed by atoms with van der Waals surface area (Å²) in [4.78, 5) is 33.8. The number of benzene rings is 4. The zero-order chi connectivity index (χ0) is 49.4. The van der Waals surface area contributed by atoms with Gasteiger partial charge in [-0.1, -0.05) is 78.8 Å². The number of rotatable bonds is 16. The SMILES string of the molecule is CCc1cc(S(=O)(=O)O)c(C2=Nc3ccc4ccccc4c32)c(O)c1C(/C=C(\C)S(=O)(=O)O)=Nc1nc(NCCOC(=O)C(CC(C)(C)C)C(C)(C)C)nc(Nc2ccc(S(=O)(=O)O)cc2)n1. The number of phenols is 1. The molecule has 0 aliphatic carbocycles. The average molecular weight is 978 g/mol. The first kappa shape index (κ1) is 50.2. The summed E-state index contributed by atoms with van der Waals surface area (Å²) in [5.74, 6) is -2.41. The average Bonchev–Trinajstić information content (AvgIpc) is 3.20. The van der Waals surface area contributed by atoms with Crippen molar-refractivity contribution in [3.8, 4) is 5.75 Å². The van der Waals surface area contributed by atoms with E-state index in [0.717, 1.165) is 36.6 Å². The van der Waals surface area contributed by atoms with Gasteiger partial charge < -0.3 is 20.5 Å². The summed E-state index contributed by atoms with van der Waals surface area (Å²) in [6.07, 6.45) is 1.46. The topological polar surface area (TPSA) is 297 Å². The van der Waals surface area contributed by atoms with E-state index in [1.165, 1.54) is 12.1 Å². The Kier molecular flexibility index (Phi) is 14.1. The Labute approximate surface area is 388 Å². The van der Waals surface area contributed by atoms with Crippen molar-refractivity contribution in [1.82, 2.24) is 15.0 Å². The number of hydrogen-bond donors (Lipinski definition) is 6. The highest BCUT2D eigenvalue weighted by Crippen LogP contribution is 2.44. The number of aromatic hydroxyl groups is 1. The molecule has 0 saturated carbocycles. The first-order valence-corrected chi connectivity index (χ1v) is 25.1. The van der Waals surface area contributed by atoms with Crippen LogP contribution in [0.1, 0.15) is 84.1 Å². The largest absolute Gasteiger partial charge is 0.506 e. The second-order valence-corrected chi connectivity index (χ2v) is 22.4. The third-order valence-electron chi connectivity index (χ3n) is 10.6. The lowest BCUT2D eigenvalue weighted by molar-refractivity contribution is -0.153. The molecule has 1 aliphatic rings. The highest BCUT2D eigenvalue weighted by atomic mass is 32.2. The van der Waals surface area contributed by atoms with Gasteiger partial charge in [0.15, 0.2) is 0 Å². The van der Waals surface area contributed by atoms with Gasteiger partial charge in [-0.25, -0.2) is 9.98 Å². The Hall–Kier alpha value is -6.17. The molecule has 67 heavy (non-hydrogen) atoms. The third-order valence-corrected chi connectivity index (χ3v) is 13.3. The van der Waals surface area contributed by atoms with Gasteiger partial charge in [0, 0.05) is 16.8 Å². The molecule has 1 atom stereocenters. The van der Waals surface area contributed by atoms with Gasteiger partial charge in [0.1, 0.15) is 17.3 Å². The van der Waals surface area contributed by atoms with Crippen molar-refractivity contribution < 1.29 is 53.5 Å². The van der Waals surface area contributed by atoms with Crippen LogP contribution in [0.5, 0.6) is 5.75 Å². The van der Waals surface area contributed by atoms with E-state index < -0.39 is 85.3 Å². The molecule has 0 radical (unpaired) electrons. The first-order chi connectivity index (χ1) is 31.0. The second-order valence-electron chi connectivity index (χ2n) is 18.0. The van der Waals surface area contributed by atoms with Crippen LogP contribution in [-0.4, -0.2) is 89.5 Å². The van der Waals surface area contributed by atoms with Crippen molar-refractivity contribution in [2.45, 2.75) is 78.0 Å². The van der Waals surface area contributed by atoms with Gasteiger partial charge in [0.05, 0.1) is 44.9 Å². The highest BCUT2D eigenvalue weighted by molar-refractivity contribution is 7.89. The van der Waals surface area contributed by atoms with Gasteiger partial charge in [-0.2, -0.15) is 40.2 Å². The quantitative estimate of drug-likeness (QED) is 0.0232. The molecule has 4 aromatic carbocycles. The van der Waals surface area contributed by atoms with E-state index >= 15 is 0 Å². The lowest BCUT2D eigenvalue weighted by atomic mass is 9.72. The molecule has 0 bridgehead atoms. The highest BCUT2D eigenvalue weighted by Gasteiger charge is 2.37. The summed E-state index contributed by atoms with van der Waals surface area (Å²) in [5, 5.41) is 19.6. The maximum absolute atomic E-state index is 13.3. The van der Waals surface area contributed by atoms with Crippen molar-refractivity contribution in [2.75, 3.05) is 23.8 Å². The number of aromatic nitrogens is 3. The molecule has 0 fully saturated rings. The summed E-state index contributed by atoms with van der Waals surface area (Å²) >= 11 is 0. The standard InChI is InChI=1S/C45H51N7O12S3/c1-9-26-23-34(67(61,62)63)37(38-36-30-13-11-10-12-27(30)14-19-32(36)48-38)39(53)35(26)33(22-25(2)65(55,56)57)49-43-51-41(46-20-21-64-40(54)31(45(6,7)8)24-44(3,4)5)50-42(52-43)47-28-15-17-29(18-16-28)66(58,59)60/h10-19,22-23,31,53H,9,20-21,24H2,1-8H3,(H,55,56,57)(H,58,59,60)(H,61,62,63)(H2,46,47,50,51,52)/b25-22+,49-33?. The van der Waals surface area contributed by atoms with Gasteiger partial charge in [-0.15, -0.1) is 0 Å². The normalized spacial score (nSPS) is 14.2. The summed E-state index contributed by atoms with van der Waals surface area (Å²) in [6, 6.07) is 16.7. The Morgan fingerprint density at radius 1 is 0.851 bits per heavy atom. The predicted molar refractivity (Wildman–Crippen MR) is 254 cm³/mol. The number of aryl methyl sites for hydroxylation is 1.